The molecular formula is C12H10N2O4S2. The zero-order valence-electron chi connectivity index (χ0n) is 10.8. The lowest BCUT2D eigenvalue weighted by molar-refractivity contribution is -0.136. The van der Waals surface area contributed by atoms with E-state index in [9.17, 15) is 9.59 Å². The van der Waals surface area contributed by atoms with Gasteiger partial charge in [0.15, 0.2) is 5.57 Å². The molecule has 1 saturated heterocycles. The lowest BCUT2D eigenvalue weighted by Crippen LogP contribution is -2.10. The van der Waals surface area contributed by atoms with Crippen molar-refractivity contribution in [3.8, 4) is 12.1 Å². The molecule has 0 aromatic heterocycles. The molecule has 0 N–H and O–H groups in total. The SMILES string of the molecule is COC(=O)/C(C#N)=C1/CCS/C(=C(/C#N)C(=O)OC)S1. The Morgan fingerprint density at radius 1 is 1.10 bits per heavy atom. The molecule has 0 bridgehead atoms. The van der Waals surface area contributed by atoms with Gasteiger partial charge in [-0.25, -0.2) is 9.59 Å². The van der Waals surface area contributed by atoms with E-state index in [1.54, 1.807) is 12.1 Å². The molecule has 1 aliphatic heterocycles. The number of nitrogens with zero attached hydrogens (tertiary/aromatic N) is 2. The Hall–Kier alpha value is -1.90. The summed E-state index contributed by atoms with van der Waals surface area (Å²) in [5.74, 6) is -0.902. The number of hydrogen-bond acceptors (Lipinski definition) is 8. The first-order valence-electron chi connectivity index (χ1n) is 5.33. The number of nitriles is 2. The second kappa shape index (κ2) is 7.63. The van der Waals surface area contributed by atoms with Crippen molar-refractivity contribution in [2.75, 3.05) is 20.0 Å². The van der Waals surface area contributed by atoms with Crippen LogP contribution < -0.4 is 0 Å². The average Bonchev–Trinajstić information content (AvgIpc) is 2.48. The molecule has 104 valence electrons. The van der Waals surface area contributed by atoms with Crippen molar-refractivity contribution in [2.24, 2.45) is 0 Å². The van der Waals surface area contributed by atoms with Crippen LogP contribution >= 0.6 is 23.5 Å². The molecule has 0 saturated carbocycles. The summed E-state index contributed by atoms with van der Waals surface area (Å²) in [6.07, 6.45) is 0.497. The first-order chi connectivity index (χ1) is 9.58. The molecule has 0 spiro atoms. The molecule has 0 aliphatic carbocycles. The zero-order valence-corrected chi connectivity index (χ0v) is 12.4. The van der Waals surface area contributed by atoms with E-state index in [0.29, 0.717) is 21.3 Å². The number of hydrogen-bond donors (Lipinski definition) is 0. The molecule has 1 fully saturated rings. The highest BCUT2D eigenvalue weighted by atomic mass is 32.2. The van der Waals surface area contributed by atoms with Crippen LogP contribution in [-0.2, 0) is 19.1 Å². The minimum Gasteiger partial charge on any atom is -0.465 e. The van der Waals surface area contributed by atoms with E-state index < -0.39 is 11.9 Å². The van der Waals surface area contributed by atoms with Crippen molar-refractivity contribution in [1.29, 1.82) is 10.5 Å². The van der Waals surface area contributed by atoms with Crippen LogP contribution in [-0.4, -0.2) is 31.9 Å². The minimum atomic E-state index is -0.736. The molecule has 8 heteroatoms. The van der Waals surface area contributed by atoms with Crippen LogP contribution in [0.15, 0.2) is 20.3 Å². The first kappa shape index (κ1) is 16.2. The summed E-state index contributed by atoms with van der Waals surface area (Å²) < 4.78 is 9.49. The van der Waals surface area contributed by atoms with Gasteiger partial charge in [-0.2, -0.15) is 10.5 Å². The van der Waals surface area contributed by atoms with Gasteiger partial charge in [0.1, 0.15) is 17.7 Å². The smallest absolute Gasteiger partial charge is 0.350 e. The van der Waals surface area contributed by atoms with Gasteiger partial charge in [0.2, 0.25) is 0 Å². The lowest BCUT2D eigenvalue weighted by atomic mass is 10.2. The predicted molar refractivity (Wildman–Crippen MR) is 74.0 cm³/mol. The standard InChI is InChI=1S/C12H10N2O4S2/c1-17-10(15)7(5-13)9-3-4-19-12(20-9)8(6-14)11(16)18-2/h3-4H2,1-2H3/b9-7-,12-8+. The molecule has 0 aromatic carbocycles. The van der Waals surface area contributed by atoms with Crippen molar-refractivity contribution in [1.82, 2.24) is 0 Å². The van der Waals surface area contributed by atoms with E-state index in [4.69, 9.17) is 10.5 Å². The first-order valence-corrected chi connectivity index (χ1v) is 7.14. The average molecular weight is 310 g/mol. The summed E-state index contributed by atoms with van der Waals surface area (Å²) in [6.45, 7) is 0. The molecule has 0 radical (unpaired) electrons. The summed E-state index contributed by atoms with van der Waals surface area (Å²) in [7, 11) is 2.37. The van der Waals surface area contributed by atoms with Crippen LogP contribution in [0.25, 0.3) is 0 Å². The second-order valence-corrected chi connectivity index (χ2v) is 5.84. The highest BCUT2D eigenvalue weighted by Gasteiger charge is 2.26. The molecule has 1 aliphatic rings. The second-order valence-electron chi connectivity index (χ2n) is 3.37. The number of carbonyl (C=O) groups excluding carboxylic acids is 2. The Morgan fingerprint density at radius 3 is 2.15 bits per heavy atom. The third-order valence-corrected chi connectivity index (χ3v) is 4.79. The maximum absolute atomic E-state index is 11.5. The van der Waals surface area contributed by atoms with Crippen molar-refractivity contribution < 1.29 is 19.1 Å². The maximum atomic E-state index is 11.5. The number of rotatable bonds is 2. The van der Waals surface area contributed by atoms with E-state index in [1.807, 2.05) is 0 Å². The van der Waals surface area contributed by atoms with Gasteiger partial charge in [-0.15, -0.1) is 11.8 Å². The van der Waals surface area contributed by atoms with Gasteiger partial charge in [-0.05, 0) is 6.42 Å². The van der Waals surface area contributed by atoms with E-state index in [1.165, 1.54) is 26.0 Å². The lowest BCUT2D eigenvalue weighted by Gasteiger charge is -2.17. The number of esters is 2. The number of allylic oxidation sites excluding steroid dienone is 1. The molecular weight excluding hydrogens is 300 g/mol. The van der Waals surface area contributed by atoms with Crippen LogP contribution in [0.5, 0.6) is 0 Å². The number of ether oxygens (including phenoxy) is 2. The number of thioether (sulfide) groups is 2. The van der Waals surface area contributed by atoms with Crippen molar-refractivity contribution in [2.45, 2.75) is 6.42 Å². The van der Waals surface area contributed by atoms with Crippen LogP contribution in [0.4, 0.5) is 0 Å². The fraction of sp³-hybridized carbons (Fsp3) is 0.333. The van der Waals surface area contributed by atoms with Gasteiger partial charge >= 0.3 is 11.9 Å². The Bertz CT molecular complexity index is 531. The summed E-state index contributed by atoms with van der Waals surface area (Å²) in [6, 6.07) is 3.58. The summed E-state index contributed by atoms with van der Waals surface area (Å²) in [5.41, 5.74) is -0.223. The highest BCUT2D eigenvalue weighted by molar-refractivity contribution is 8.24. The number of carbonyl (C=O) groups is 2. The normalized spacial score (nSPS) is 19.2. The van der Waals surface area contributed by atoms with Crippen molar-refractivity contribution in [3.05, 3.63) is 20.3 Å². The summed E-state index contributed by atoms with van der Waals surface area (Å²) in [4.78, 5) is 23.4. The Balaban J connectivity index is 3.21. The van der Waals surface area contributed by atoms with Crippen LogP contribution in [0.1, 0.15) is 6.42 Å². The Kier molecular flexibility index (Phi) is 6.16. The molecule has 1 heterocycles. The number of methoxy groups -OCH3 is 2. The molecule has 20 heavy (non-hydrogen) atoms. The summed E-state index contributed by atoms with van der Waals surface area (Å²) in [5, 5.41) is 18.0. The van der Waals surface area contributed by atoms with Crippen LogP contribution in [0.3, 0.4) is 0 Å². The molecule has 0 amide bonds. The van der Waals surface area contributed by atoms with Gasteiger partial charge in [0, 0.05) is 10.7 Å². The van der Waals surface area contributed by atoms with E-state index >= 15 is 0 Å². The quantitative estimate of drug-likeness (QED) is 0.432. The van der Waals surface area contributed by atoms with Crippen LogP contribution in [0, 0.1) is 22.7 Å². The predicted octanol–water partition coefficient (Wildman–Crippen LogP) is 1.72. The van der Waals surface area contributed by atoms with Gasteiger partial charge in [0.25, 0.3) is 0 Å². The zero-order chi connectivity index (χ0) is 15.1. The maximum Gasteiger partial charge on any atom is 0.350 e. The third-order valence-electron chi connectivity index (χ3n) is 2.26. The topological polar surface area (TPSA) is 100 Å². The van der Waals surface area contributed by atoms with E-state index in [0.717, 1.165) is 11.8 Å². The summed E-state index contributed by atoms with van der Waals surface area (Å²) >= 11 is 2.37. The van der Waals surface area contributed by atoms with E-state index in [-0.39, 0.29) is 11.1 Å². The van der Waals surface area contributed by atoms with E-state index in [2.05, 4.69) is 9.47 Å². The third kappa shape index (κ3) is 3.56. The van der Waals surface area contributed by atoms with Gasteiger partial charge in [-0.1, -0.05) is 11.8 Å². The minimum absolute atomic E-state index is 0.0996. The molecule has 0 unspecified atom stereocenters. The van der Waals surface area contributed by atoms with Crippen LogP contribution in [0.2, 0.25) is 0 Å². The Morgan fingerprint density at radius 2 is 1.65 bits per heavy atom. The van der Waals surface area contributed by atoms with Gasteiger partial charge < -0.3 is 9.47 Å². The highest BCUT2D eigenvalue weighted by Crippen LogP contribution is 2.45. The van der Waals surface area contributed by atoms with Gasteiger partial charge in [-0.3, -0.25) is 0 Å². The fourth-order valence-electron chi connectivity index (χ4n) is 1.33. The molecule has 1 rings (SSSR count). The van der Waals surface area contributed by atoms with Crippen molar-refractivity contribution >= 4 is 35.5 Å². The Labute approximate surface area is 124 Å². The molecule has 0 aromatic rings. The monoisotopic (exact) mass is 310 g/mol. The fourth-order valence-corrected chi connectivity index (χ4v) is 3.90. The largest absolute Gasteiger partial charge is 0.465 e. The molecule has 6 nitrogen and oxygen atoms in total. The van der Waals surface area contributed by atoms with Crippen molar-refractivity contribution in [3.63, 3.8) is 0 Å². The van der Waals surface area contributed by atoms with Gasteiger partial charge in [0.05, 0.1) is 18.5 Å². The molecule has 0 atom stereocenters.